The molecule has 0 aliphatic heterocycles. The van der Waals surface area contributed by atoms with Crippen LogP contribution in [0.5, 0.6) is 5.75 Å². The Hall–Kier alpha value is -1.80. The number of carbonyl (C=O) groups is 1. The van der Waals surface area contributed by atoms with E-state index in [1.165, 1.54) is 5.56 Å². The van der Waals surface area contributed by atoms with E-state index in [-0.39, 0.29) is 18.3 Å². The molecule has 1 aromatic heterocycles. The van der Waals surface area contributed by atoms with E-state index < -0.39 is 0 Å². The van der Waals surface area contributed by atoms with E-state index in [0.717, 1.165) is 39.0 Å². The molecule has 168 valence electrons. The summed E-state index contributed by atoms with van der Waals surface area (Å²) in [4.78, 5) is 23.0. The van der Waals surface area contributed by atoms with Crippen molar-refractivity contribution in [1.82, 2.24) is 9.88 Å². The Bertz CT molecular complexity index is 977. The number of hydrogen-bond acceptors (Lipinski definition) is 6. The molecule has 0 spiro atoms. The van der Waals surface area contributed by atoms with E-state index in [0.29, 0.717) is 18.9 Å². The summed E-state index contributed by atoms with van der Waals surface area (Å²) < 4.78 is 6.64. The van der Waals surface area contributed by atoms with Gasteiger partial charge in [0.15, 0.2) is 5.13 Å². The molecule has 1 heterocycles. The quantitative estimate of drug-likeness (QED) is 0.359. The maximum Gasteiger partial charge on any atom is 0.239 e. The van der Waals surface area contributed by atoms with Gasteiger partial charge < -0.3 is 9.64 Å². The summed E-state index contributed by atoms with van der Waals surface area (Å²) in [7, 11) is 4.10. The lowest BCUT2D eigenvalue weighted by Crippen LogP contribution is -2.34. The molecule has 5 nitrogen and oxygen atoms in total. The van der Waals surface area contributed by atoms with Crippen LogP contribution in [0.15, 0.2) is 47.4 Å². The molecule has 1 amide bonds. The van der Waals surface area contributed by atoms with Crippen molar-refractivity contribution in [3.8, 4) is 5.75 Å². The van der Waals surface area contributed by atoms with Gasteiger partial charge in [-0.3, -0.25) is 9.69 Å². The number of anilines is 1. The Balaban J connectivity index is 0.00000341. The van der Waals surface area contributed by atoms with Crippen molar-refractivity contribution < 1.29 is 9.53 Å². The minimum absolute atomic E-state index is 0. The first-order chi connectivity index (χ1) is 14.5. The van der Waals surface area contributed by atoms with Crippen molar-refractivity contribution in [3.63, 3.8) is 0 Å². The van der Waals surface area contributed by atoms with Crippen LogP contribution in [0.3, 0.4) is 0 Å². The van der Waals surface area contributed by atoms with Crippen LogP contribution in [0.1, 0.15) is 18.9 Å². The van der Waals surface area contributed by atoms with Crippen LogP contribution in [0, 0.1) is 6.92 Å². The summed E-state index contributed by atoms with van der Waals surface area (Å²) in [6.07, 6.45) is 0.897. The summed E-state index contributed by atoms with van der Waals surface area (Å²) >= 11 is 3.12. The third-order valence-corrected chi connectivity index (χ3v) is 6.60. The lowest BCUT2D eigenvalue weighted by atomic mass is 10.2. The van der Waals surface area contributed by atoms with Crippen LogP contribution in [0.4, 0.5) is 5.13 Å². The highest BCUT2D eigenvalue weighted by atomic mass is 35.5. The Labute approximate surface area is 199 Å². The van der Waals surface area contributed by atoms with E-state index in [1.807, 2.05) is 44.1 Å². The number of fused-ring (bicyclic) bond motifs is 1. The van der Waals surface area contributed by atoms with Gasteiger partial charge in [0.25, 0.3) is 0 Å². The molecule has 0 aliphatic carbocycles. The predicted molar refractivity (Wildman–Crippen MR) is 135 cm³/mol. The summed E-state index contributed by atoms with van der Waals surface area (Å²) in [6.45, 7) is 6.25. The zero-order chi connectivity index (χ0) is 21.5. The minimum atomic E-state index is 0. The number of rotatable bonds is 10. The third kappa shape index (κ3) is 7.38. The second-order valence-corrected chi connectivity index (χ2v) is 9.42. The molecule has 0 aliphatic rings. The Morgan fingerprint density at radius 2 is 1.87 bits per heavy atom. The van der Waals surface area contributed by atoms with Crippen LogP contribution in [0.2, 0.25) is 0 Å². The van der Waals surface area contributed by atoms with E-state index in [1.54, 1.807) is 23.1 Å². The monoisotopic (exact) mass is 479 g/mol. The Morgan fingerprint density at radius 1 is 1.13 bits per heavy atom. The largest absolute Gasteiger partial charge is 0.494 e. The lowest BCUT2D eigenvalue weighted by molar-refractivity contribution is -0.116. The number of carbonyl (C=O) groups excluding carboxylic acids is 1. The van der Waals surface area contributed by atoms with Crippen molar-refractivity contribution in [2.24, 2.45) is 0 Å². The van der Waals surface area contributed by atoms with E-state index in [9.17, 15) is 4.79 Å². The predicted octanol–water partition coefficient (Wildman–Crippen LogP) is 5.50. The fraction of sp³-hybridized carbons (Fsp3) is 0.391. The number of benzene rings is 2. The first kappa shape index (κ1) is 25.5. The Morgan fingerprint density at radius 3 is 2.55 bits per heavy atom. The first-order valence-corrected chi connectivity index (χ1v) is 11.9. The lowest BCUT2D eigenvalue weighted by Gasteiger charge is -2.21. The van der Waals surface area contributed by atoms with Gasteiger partial charge in [0.1, 0.15) is 5.75 Å². The minimum Gasteiger partial charge on any atom is -0.494 e. The molecule has 3 aromatic rings. The molecule has 3 rings (SSSR count). The van der Waals surface area contributed by atoms with Crippen molar-refractivity contribution in [1.29, 1.82) is 0 Å². The summed E-state index contributed by atoms with van der Waals surface area (Å²) in [5.74, 6) is 1.31. The molecule has 2 aromatic carbocycles. The second-order valence-electron chi connectivity index (χ2n) is 7.36. The number of halogens is 1. The number of thiazole rings is 1. The van der Waals surface area contributed by atoms with E-state index >= 15 is 0 Å². The van der Waals surface area contributed by atoms with Gasteiger partial charge in [0, 0.05) is 11.4 Å². The highest BCUT2D eigenvalue weighted by molar-refractivity contribution is 8.00. The van der Waals surface area contributed by atoms with Crippen LogP contribution in [0.25, 0.3) is 10.2 Å². The number of ether oxygens (including phenoxy) is 1. The molecule has 0 fully saturated rings. The Kier molecular flexibility index (Phi) is 10.1. The van der Waals surface area contributed by atoms with Crippen molar-refractivity contribution in [3.05, 3.63) is 48.0 Å². The van der Waals surface area contributed by atoms with Crippen molar-refractivity contribution in [2.45, 2.75) is 25.2 Å². The first-order valence-electron chi connectivity index (χ1n) is 10.1. The smallest absolute Gasteiger partial charge is 0.239 e. The van der Waals surface area contributed by atoms with Crippen molar-refractivity contribution in [2.75, 3.05) is 44.4 Å². The van der Waals surface area contributed by atoms with Crippen LogP contribution < -0.4 is 9.64 Å². The van der Waals surface area contributed by atoms with Crippen LogP contribution >= 0.6 is 35.5 Å². The van der Waals surface area contributed by atoms with Gasteiger partial charge in [-0.2, -0.15) is 0 Å². The van der Waals surface area contributed by atoms with Gasteiger partial charge >= 0.3 is 0 Å². The standard InChI is InChI=1S/C23H29N3O2S2.ClH/c1-5-28-18-9-12-20-21(15-18)30-23(24-20)26(14-6-13-25(3)4)22(27)16-29-19-10-7-17(2)8-11-19;/h7-12,15H,5-6,13-14,16H2,1-4H3;1H. The summed E-state index contributed by atoms with van der Waals surface area (Å²) in [6, 6.07) is 14.2. The molecule has 0 N–H and O–H groups in total. The molecule has 8 heteroatoms. The second kappa shape index (κ2) is 12.3. The number of thioether (sulfide) groups is 1. The molecule has 31 heavy (non-hydrogen) atoms. The average molecular weight is 480 g/mol. The average Bonchev–Trinajstić information content (AvgIpc) is 3.13. The molecular weight excluding hydrogens is 450 g/mol. The van der Waals surface area contributed by atoms with E-state index in [2.05, 4.69) is 36.1 Å². The van der Waals surface area contributed by atoms with Crippen LogP contribution in [-0.2, 0) is 4.79 Å². The molecule has 0 saturated carbocycles. The zero-order valence-electron chi connectivity index (χ0n) is 18.5. The maximum atomic E-state index is 13.1. The third-order valence-electron chi connectivity index (χ3n) is 4.56. The topological polar surface area (TPSA) is 45.7 Å². The number of hydrogen-bond donors (Lipinski definition) is 0. The molecule has 0 saturated heterocycles. The van der Waals surface area contributed by atoms with Gasteiger partial charge in [-0.05, 0) is 71.2 Å². The number of aryl methyl sites for hydroxylation is 1. The zero-order valence-corrected chi connectivity index (χ0v) is 20.9. The van der Waals surface area contributed by atoms with Gasteiger partial charge in [0.2, 0.25) is 5.91 Å². The molecule has 0 bridgehead atoms. The SMILES string of the molecule is CCOc1ccc2nc(N(CCCN(C)C)C(=O)CSc3ccc(C)cc3)sc2c1.Cl. The van der Waals surface area contributed by atoms with Crippen molar-refractivity contribution >= 4 is 56.8 Å². The van der Waals surface area contributed by atoms with Gasteiger partial charge in [-0.1, -0.05) is 29.0 Å². The van der Waals surface area contributed by atoms with Gasteiger partial charge in [-0.25, -0.2) is 4.98 Å². The maximum absolute atomic E-state index is 13.1. The van der Waals surface area contributed by atoms with Gasteiger partial charge in [0.05, 0.1) is 22.6 Å². The molecule has 0 atom stereocenters. The summed E-state index contributed by atoms with van der Waals surface area (Å²) in [5, 5.41) is 0.756. The van der Waals surface area contributed by atoms with E-state index in [4.69, 9.17) is 9.72 Å². The number of nitrogens with zero attached hydrogens (tertiary/aromatic N) is 3. The molecule has 0 radical (unpaired) electrons. The number of amides is 1. The molecular formula is C23H30ClN3O2S2. The fourth-order valence-corrected chi connectivity index (χ4v) is 4.81. The highest BCUT2D eigenvalue weighted by Gasteiger charge is 2.20. The normalized spacial score (nSPS) is 10.9. The highest BCUT2D eigenvalue weighted by Crippen LogP contribution is 2.32. The van der Waals surface area contributed by atoms with Crippen LogP contribution in [-0.4, -0.2) is 55.3 Å². The van der Waals surface area contributed by atoms with Gasteiger partial charge in [-0.15, -0.1) is 24.2 Å². The fourth-order valence-electron chi connectivity index (χ4n) is 2.99. The number of aromatic nitrogens is 1. The summed E-state index contributed by atoms with van der Waals surface area (Å²) in [5.41, 5.74) is 2.12. The molecule has 0 unspecified atom stereocenters.